The molecule has 0 atom stereocenters. The van der Waals surface area contributed by atoms with E-state index in [1.165, 1.54) is 6.33 Å². The maximum absolute atomic E-state index is 12.2. The molecule has 1 saturated carbocycles. The normalized spacial score (nSPS) is 13.9. The van der Waals surface area contributed by atoms with Gasteiger partial charge in [0.2, 0.25) is 5.82 Å². The minimum absolute atomic E-state index is 0.0927. The van der Waals surface area contributed by atoms with Crippen LogP contribution in [0, 0.1) is 5.92 Å². The van der Waals surface area contributed by atoms with Crippen LogP contribution in [0.1, 0.15) is 23.2 Å². The Labute approximate surface area is 140 Å². The molecule has 120 valence electrons. The number of Topliss-reactive ketones (excluding diaryl/α,β-unsaturated/α-hetero) is 1. The number of aromatic amines is 1. The maximum Gasteiger partial charge on any atom is 0.439 e. The number of halogens is 1. The summed E-state index contributed by atoms with van der Waals surface area (Å²) in [5, 5.41) is 4.00. The van der Waals surface area contributed by atoms with Gasteiger partial charge in [-0.2, -0.15) is 0 Å². The van der Waals surface area contributed by atoms with Crippen molar-refractivity contribution in [3.63, 3.8) is 0 Å². The van der Waals surface area contributed by atoms with Gasteiger partial charge in [0.15, 0.2) is 5.78 Å². The van der Waals surface area contributed by atoms with Crippen LogP contribution < -0.4 is 5.76 Å². The molecule has 1 aromatic carbocycles. The van der Waals surface area contributed by atoms with Gasteiger partial charge in [-0.3, -0.25) is 14.3 Å². The van der Waals surface area contributed by atoms with Crippen LogP contribution in [0.2, 0.25) is 5.02 Å². The zero-order chi connectivity index (χ0) is 16.7. The minimum Gasteiger partial charge on any atom is -0.296 e. The topological polar surface area (TPSA) is 102 Å². The summed E-state index contributed by atoms with van der Waals surface area (Å²) >= 11 is 6.27. The van der Waals surface area contributed by atoms with Crippen molar-refractivity contribution < 1.29 is 9.32 Å². The van der Waals surface area contributed by atoms with Crippen LogP contribution in [0.5, 0.6) is 0 Å². The Balaban J connectivity index is 1.70. The second-order valence-electron chi connectivity index (χ2n) is 5.57. The number of benzene rings is 1. The largest absolute Gasteiger partial charge is 0.439 e. The van der Waals surface area contributed by atoms with Crippen molar-refractivity contribution in [2.75, 3.05) is 0 Å². The Bertz CT molecular complexity index is 991. The smallest absolute Gasteiger partial charge is 0.296 e. The molecule has 2 heterocycles. The van der Waals surface area contributed by atoms with Crippen molar-refractivity contribution in [3.05, 3.63) is 51.7 Å². The van der Waals surface area contributed by atoms with E-state index < -0.39 is 5.76 Å². The van der Waals surface area contributed by atoms with Gasteiger partial charge < -0.3 is 0 Å². The molecule has 3 aromatic rings. The molecule has 7 nitrogen and oxygen atoms in total. The van der Waals surface area contributed by atoms with Crippen molar-refractivity contribution in [2.24, 2.45) is 5.92 Å². The number of hydrogen-bond donors (Lipinski definition) is 1. The van der Waals surface area contributed by atoms with Gasteiger partial charge in [0.05, 0.1) is 10.7 Å². The number of aromatic nitrogens is 4. The van der Waals surface area contributed by atoms with Gasteiger partial charge in [-0.05, 0) is 31.0 Å². The van der Waals surface area contributed by atoms with Crippen molar-refractivity contribution >= 4 is 17.4 Å². The number of H-pyrrole nitrogens is 1. The fourth-order valence-electron chi connectivity index (χ4n) is 2.42. The van der Waals surface area contributed by atoms with Gasteiger partial charge in [-0.25, -0.2) is 14.8 Å². The highest BCUT2D eigenvalue weighted by Gasteiger charge is 2.31. The summed E-state index contributed by atoms with van der Waals surface area (Å²) in [7, 11) is 0. The van der Waals surface area contributed by atoms with Gasteiger partial charge in [-0.1, -0.05) is 22.8 Å². The highest BCUT2D eigenvalue weighted by molar-refractivity contribution is 6.34. The third-order valence-corrected chi connectivity index (χ3v) is 4.14. The van der Waals surface area contributed by atoms with E-state index >= 15 is 0 Å². The molecular formula is C16H11ClN4O3. The molecule has 0 aliphatic heterocycles. The summed E-state index contributed by atoms with van der Waals surface area (Å²) in [6, 6.07) is 6.87. The van der Waals surface area contributed by atoms with Crippen LogP contribution in [0.15, 0.2) is 39.9 Å². The molecule has 4 rings (SSSR count). The highest BCUT2D eigenvalue weighted by atomic mass is 35.5. The Morgan fingerprint density at radius 3 is 2.67 bits per heavy atom. The number of nitrogens with zero attached hydrogens (tertiary/aromatic N) is 3. The summed E-state index contributed by atoms with van der Waals surface area (Å²) in [6.45, 7) is 0. The van der Waals surface area contributed by atoms with Gasteiger partial charge >= 0.3 is 5.76 Å². The van der Waals surface area contributed by atoms with Crippen LogP contribution in [0.25, 0.3) is 22.8 Å². The first kappa shape index (κ1) is 14.8. The third-order valence-electron chi connectivity index (χ3n) is 3.83. The van der Waals surface area contributed by atoms with E-state index in [1.54, 1.807) is 24.3 Å². The van der Waals surface area contributed by atoms with Crippen molar-refractivity contribution in [3.8, 4) is 22.8 Å². The Morgan fingerprint density at radius 2 is 2.00 bits per heavy atom. The first-order valence-electron chi connectivity index (χ1n) is 7.34. The molecule has 0 amide bonds. The summed E-state index contributed by atoms with van der Waals surface area (Å²) in [5.41, 5.74) is 2.29. The summed E-state index contributed by atoms with van der Waals surface area (Å²) in [4.78, 5) is 33.9. The van der Waals surface area contributed by atoms with Crippen molar-refractivity contribution in [1.29, 1.82) is 0 Å². The number of carbonyl (C=O) groups excluding carboxylic acids is 1. The molecule has 8 heteroatoms. The third kappa shape index (κ3) is 2.74. The average molecular weight is 343 g/mol. The second-order valence-corrected chi connectivity index (χ2v) is 5.97. The van der Waals surface area contributed by atoms with Gasteiger partial charge in [-0.15, -0.1) is 0 Å². The van der Waals surface area contributed by atoms with Gasteiger partial charge in [0, 0.05) is 17.0 Å². The van der Waals surface area contributed by atoms with Crippen LogP contribution in [0.3, 0.4) is 0 Å². The van der Waals surface area contributed by atoms with E-state index in [2.05, 4.69) is 24.6 Å². The zero-order valence-corrected chi connectivity index (χ0v) is 13.1. The summed E-state index contributed by atoms with van der Waals surface area (Å²) < 4.78 is 4.47. The lowest BCUT2D eigenvalue weighted by molar-refractivity contribution is 0.0968. The fraction of sp³-hybridized carbons (Fsp3) is 0.188. The number of hydrogen-bond acceptors (Lipinski definition) is 6. The molecular weight excluding hydrogens is 332 g/mol. The van der Waals surface area contributed by atoms with E-state index in [-0.39, 0.29) is 17.5 Å². The van der Waals surface area contributed by atoms with Crippen molar-refractivity contribution in [2.45, 2.75) is 12.8 Å². The molecule has 2 aromatic heterocycles. The van der Waals surface area contributed by atoms with E-state index in [1.807, 2.05) is 0 Å². The lowest BCUT2D eigenvalue weighted by atomic mass is 10.0. The average Bonchev–Trinajstić information content (AvgIpc) is 3.35. The SMILES string of the molecule is O=C(c1ccc(-c2cc(-c3noc(=O)[nH]3)ncn2)cc1Cl)C1CC1. The quantitative estimate of drug-likeness (QED) is 0.731. The lowest BCUT2D eigenvalue weighted by Gasteiger charge is -2.06. The van der Waals surface area contributed by atoms with Gasteiger partial charge in [0.1, 0.15) is 12.0 Å². The Kier molecular flexibility index (Phi) is 3.50. The van der Waals surface area contributed by atoms with E-state index in [4.69, 9.17) is 11.6 Å². The molecule has 0 radical (unpaired) electrons. The van der Waals surface area contributed by atoms with E-state index in [0.717, 1.165) is 18.4 Å². The van der Waals surface area contributed by atoms with Gasteiger partial charge in [0.25, 0.3) is 0 Å². The predicted molar refractivity (Wildman–Crippen MR) is 85.7 cm³/mol. The molecule has 24 heavy (non-hydrogen) atoms. The molecule has 0 unspecified atom stereocenters. The predicted octanol–water partition coefficient (Wildman–Crippen LogP) is 2.73. The molecule has 0 saturated heterocycles. The number of nitrogens with one attached hydrogen (secondary N) is 1. The highest BCUT2D eigenvalue weighted by Crippen LogP contribution is 2.35. The van der Waals surface area contributed by atoms with E-state index in [9.17, 15) is 9.59 Å². The monoisotopic (exact) mass is 342 g/mol. The number of rotatable bonds is 4. The Hall–Kier alpha value is -2.80. The first-order chi connectivity index (χ1) is 11.6. The number of ketones is 1. The molecule has 0 bridgehead atoms. The minimum atomic E-state index is -0.656. The maximum atomic E-state index is 12.2. The van der Waals surface area contributed by atoms with Crippen LogP contribution in [-0.2, 0) is 0 Å². The molecule has 1 aliphatic carbocycles. The summed E-state index contributed by atoms with van der Waals surface area (Å²) in [6.07, 6.45) is 3.22. The van der Waals surface area contributed by atoms with Crippen molar-refractivity contribution in [1.82, 2.24) is 20.1 Å². The zero-order valence-electron chi connectivity index (χ0n) is 12.3. The van der Waals surface area contributed by atoms with E-state index in [0.29, 0.717) is 22.0 Å². The second kappa shape index (κ2) is 5.68. The Morgan fingerprint density at radius 1 is 1.21 bits per heavy atom. The number of carbonyl (C=O) groups is 1. The lowest BCUT2D eigenvalue weighted by Crippen LogP contribution is -2.02. The molecule has 0 spiro atoms. The fourth-order valence-corrected chi connectivity index (χ4v) is 2.70. The van der Waals surface area contributed by atoms with Crippen LogP contribution in [0.4, 0.5) is 0 Å². The standard InChI is InChI=1S/C16H11ClN4O3/c17-11-5-9(3-4-10(11)14(22)8-1-2-8)12-6-13(19-7-18-12)15-20-16(23)24-21-15/h3-8H,1-2H2,(H,20,21,23). The summed E-state index contributed by atoms with van der Waals surface area (Å²) in [5.74, 6) is -0.232. The molecule has 1 fully saturated rings. The first-order valence-corrected chi connectivity index (χ1v) is 7.72. The molecule has 1 aliphatic rings. The van der Waals surface area contributed by atoms with Crippen LogP contribution >= 0.6 is 11.6 Å². The van der Waals surface area contributed by atoms with Crippen LogP contribution in [-0.4, -0.2) is 25.9 Å². The molecule has 1 N–H and O–H groups in total.